The molecule has 8 heteroatoms. The molecule has 3 aromatic heterocycles. The fourth-order valence-corrected chi connectivity index (χ4v) is 6.23. The second kappa shape index (κ2) is 8.57. The highest BCUT2D eigenvalue weighted by atomic mass is 32.1. The third kappa shape index (κ3) is 3.40. The van der Waals surface area contributed by atoms with Gasteiger partial charge in [-0.3, -0.25) is 14.2 Å². The van der Waals surface area contributed by atoms with E-state index in [1.54, 1.807) is 11.5 Å². The van der Waals surface area contributed by atoms with Gasteiger partial charge in [0.1, 0.15) is 15.5 Å². The Morgan fingerprint density at radius 2 is 1.83 bits per heavy atom. The minimum atomic E-state index is -0.616. The molecule has 0 aliphatic carbocycles. The van der Waals surface area contributed by atoms with Crippen molar-refractivity contribution in [2.45, 2.75) is 26.3 Å². The van der Waals surface area contributed by atoms with E-state index in [0.717, 1.165) is 52.2 Å². The van der Waals surface area contributed by atoms with E-state index >= 15 is 0 Å². The number of thiophene rings is 1. The summed E-state index contributed by atoms with van der Waals surface area (Å²) in [4.78, 5) is 45.0. The van der Waals surface area contributed by atoms with Gasteiger partial charge in [0, 0.05) is 30.9 Å². The monoisotopic (exact) mass is 497 g/mol. The van der Waals surface area contributed by atoms with Crippen molar-refractivity contribution in [3.63, 3.8) is 0 Å². The number of hydrogen-bond acceptors (Lipinski definition) is 6. The van der Waals surface area contributed by atoms with Crippen molar-refractivity contribution in [3.8, 4) is 11.3 Å². The van der Waals surface area contributed by atoms with Gasteiger partial charge in [0.15, 0.2) is 6.61 Å². The predicted molar refractivity (Wildman–Crippen MR) is 140 cm³/mol. The minimum Gasteiger partial charge on any atom is -0.453 e. The van der Waals surface area contributed by atoms with Crippen molar-refractivity contribution in [2.24, 2.45) is 7.05 Å². The Kier molecular flexibility index (Phi) is 5.34. The molecule has 0 N–H and O–H groups in total. The number of carbonyl (C=O) groups excluding carboxylic acids is 2. The van der Waals surface area contributed by atoms with Crippen LogP contribution in [0.25, 0.3) is 32.4 Å². The fourth-order valence-electron chi connectivity index (χ4n) is 5.15. The molecule has 0 saturated carbocycles. The second-order valence-corrected chi connectivity index (χ2v) is 9.99. The number of fused-ring (bicyclic) bond motifs is 3. The first-order valence-electron chi connectivity index (χ1n) is 11.8. The molecule has 6 rings (SSSR count). The van der Waals surface area contributed by atoms with Crippen LogP contribution < -0.4 is 5.56 Å². The molecular weight excluding hydrogens is 474 g/mol. The van der Waals surface area contributed by atoms with Gasteiger partial charge in [-0.05, 0) is 30.5 Å². The van der Waals surface area contributed by atoms with Crippen LogP contribution in [0.3, 0.4) is 0 Å². The number of aryl methyl sites for hydroxylation is 3. The minimum absolute atomic E-state index is 0.111. The van der Waals surface area contributed by atoms with Gasteiger partial charge in [-0.2, -0.15) is 0 Å². The number of ketones is 1. The van der Waals surface area contributed by atoms with E-state index in [4.69, 9.17) is 4.74 Å². The number of nitrogens with zero attached hydrogens (tertiary/aromatic N) is 3. The molecule has 0 fully saturated rings. The Bertz CT molecular complexity index is 1740. The highest BCUT2D eigenvalue weighted by Crippen LogP contribution is 2.34. The van der Waals surface area contributed by atoms with Gasteiger partial charge in [0.05, 0.1) is 16.6 Å². The molecular formula is C28H23N3O4S. The van der Waals surface area contributed by atoms with Crippen LogP contribution in [0, 0.1) is 6.92 Å². The molecule has 0 amide bonds. The van der Waals surface area contributed by atoms with E-state index in [1.165, 1.54) is 0 Å². The first kappa shape index (κ1) is 22.4. The molecule has 1 aliphatic heterocycles. The summed E-state index contributed by atoms with van der Waals surface area (Å²) >= 11 is 1.15. The molecule has 0 spiro atoms. The SMILES string of the molecule is Cc1c(C(=O)OCC(=O)c2c(-c3ccccc3)n(C)c3ccccc23)sc2nc3n(c(=O)c12)CCC3. The van der Waals surface area contributed by atoms with Crippen LogP contribution in [0.15, 0.2) is 59.4 Å². The molecule has 0 unspecified atom stereocenters. The summed E-state index contributed by atoms with van der Waals surface area (Å²) in [6.45, 7) is 1.99. The lowest BCUT2D eigenvalue weighted by Gasteiger charge is -2.08. The Hall–Kier alpha value is -4.04. The van der Waals surface area contributed by atoms with E-state index in [-0.39, 0.29) is 11.3 Å². The van der Waals surface area contributed by atoms with Gasteiger partial charge in [-0.1, -0.05) is 48.5 Å². The smallest absolute Gasteiger partial charge is 0.349 e. The van der Waals surface area contributed by atoms with Crippen LogP contribution in [0.5, 0.6) is 0 Å². The lowest BCUT2D eigenvalue weighted by molar-refractivity contribution is 0.0479. The van der Waals surface area contributed by atoms with Crippen LogP contribution in [0.1, 0.15) is 37.8 Å². The number of ether oxygens (including phenoxy) is 1. The third-order valence-corrected chi connectivity index (χ3v) is 8.03. The number of rotatable bonds is 5. The van der Waals surface area contributed by atoms with Crippen molar-refractivity contribution in [1.29, 1.82) is 0 Å². The molecule has 2 aromatic carbocycles. The average Bonchev–Trinajstić information content (AvgIpc) is 3.58. The number of aromatic nitrogens is 3. The summed E-state index contributed by atoms with van der Waals surface area (Å²) in [5.41, 5.74) is 3.58. The lowest BCUT2D eigenvalue weighted by atomic mass is 10.0. The first-order chi connectivity index (χ1) is 17.5. The zero-order chi connectivity index (χ0) is 25.0. The molecule has 4 heterocycles. The van der Waals surface area contributed by atoms with E-state index in [9.17, 15) is 14.4 Å². The van der Waals surface area contributed by atoms with Crippen molar-refractivity contribution in [3.05, 3.63) is 86.8 Å². The van der Waals surface area contributed by atoms with Gasteiger partial charge < -0.3 is 9.30 Å². The number of carbonyl (C=O) groups is 2. The summed E-state index contributed by atoms with van der Waals surface area (Å²) in [5.74, 6) is -0.141. The molecule has 36 heavy (non-hydrogen) atoms. The standard InChI is InChI=1S/C28H23N3O4S/c1-16-22-26(29-21-13-8-14-31(21)27(22)33)36-25(16)28(34)35-15-20(32)23-18-11-6-7-12-19(18)30(2)24(23)17-9-4-3-5-10-17/h3-7,9-12H,8,13-15H2,1-2H3. The van der Waals surface area contributed by atoms with Gasteiger partial charge in [-0.25, -0.2) is 9.78 Å². The van der Waals surface area contributed by atoms with Gasteiger partial charge in [-0.15, -0.1) is 11.3 Å². The maximum absolute atomic E-state index is 13.5. The summed E-state index contributed by atoms with van der Waals surface area (Å²) in [7, 11) is 1.93. The van der Waals surface area contributed by atoms with Crippen molar-refractivity contribution in [2.75, 3.05) is 6.61 Å². The Morgan fingerprint density at radius 1 is 1.08 bits per heavy atom. The topological polar surface area (TPSA) is 83.2 Å². The number of benzene rings is 2. The Morgan fingerprint density at radius 3 is 2.64 bits per heavy atom. The molecule has 1 aliphatic rings. The maximum atomic E-state index is 13.5. The van der Waals surface area contributed by atoms with E-state index in [0.29, 0.717) is 32.8 Å². The second-order valence-electron chi connectivity index (χ2n) is 8.99. The van der Waals surface area contributed by atoms with Crippen LogP contribution in [-0.2, 0) is 24.8 Å². The molecule has 5 aromatic rings. The van der Waals surface area contributed by atoms with Crippen molar-refractivity contribution >= 4 is 44.2 Å². The average molecular weight is 498 g/mol. The number of para-hydroxylation sites is 1. The lowest BCUT2D eigenvalue weighted by Crippen LogP contribution is -2.20. The third-order valence-electron chi connectivity index (χ3n) is 6.86. The summed E-state index contributed by atoms with van der Waals surface area (Å²) in [6, 6.07) is 17.4. The maximum Gasteiger partial charge on any atom is 0.349 e. The molecule has 0 atom stereocenters. The van der Waals surface area contributed by atoms with Crippen LogP contribution >= 0.6 is 11.3 Å². The molecule has 7 nitrogen and oxygen atoms in total. The Labute approximate surface area is 210 Å². The highest BCUT2D eigenvalue weighted by molar-refractivity contribution is 7.20. The summed E-state index contributed by atoms with van der Waals surface area (Å²) in [6.07, 6.45) is 1.65. The number of Topliss-reactive ketones (excluding diaryl/α,β-unsaturated/α-hetero) is 1. The fraction of sp³-hybridized carbons (Fsp3) is 0.214. The summed E-state index contributed by atoms with van der Waals surface area (Å²) < 4.78 is 9.20. The highest BCUT2D eigenvalue weighted by Gasteiger charge is 2.26. The van der Waals surface area contributed by atoms with Crippen LogP contribution in [0.2, 0.25) is 0 Å². The predicted octanol–water partition coefficient (Wildman–Crippen LogP) is 4.91. The van der Waals surface area contributed by atoms with E-state index in [1.807, 2.05) is 66.2 Å². The van der Waals surface area contributed by atoms with Crippen molar-refractivity contribution < 1.29 is 14.3 Å². The van der Waals surface area contributed by atoms with Crippen molar-refractivity contribution in [1.82, 2.24) is 14.1 Å². The molecule has 0 radical (unpaired) electrons. The van der Waals surface area contributed by atoms with Gasteiger partial charge in [0.25, 0.3) is 5.56 Å². The first-order valence-corrected chi connectivity index (χ1v) is 12.6. The molecule has 0 bridgehead atoms. The zero-order valence-electron chi connectivity index (χ0n) is 19.9. The number of esters is 1. The van der Waals surface area contributed by atoms with Gasteiger partial charge in [0.2, 0.25) is 5.78 Å². The van der Waals surface area contributed by atoms with Crippen LogP contribution in [-0.4, -0.2) is 32.5 Å². The zero-order valence-corrected chi connectivity index (χ0v) is 20.7. The normalized spacial score (nSPS) is 12.8. The van der Waals surface area contributed by atoms with E-state index < -0.39 is 12.6 Å². The van der Waals surface area contributed by atoms with Gasteiger partial charge >= 0.3 is 5.97 Å². The molecule has 180 valence electrons. The quantitative estimate of drug-likeness (QED) is 0.255. The largest absolute Gasteiger partial charge is 0.453 e. The van der Waals surface area contributed by atoms with Crippen LogP contribution in [0.4, 0.5) is 0 Å². The van der Waals surface area contributed by atoms with E-state index in [2.05, 4.69) is 4.98 Å². The summed E-state index contributed by atoms with van der Waals surface area (Å²) in [5, 5.41) is 1.27. The molecule has 0 saturated heterocycles. The number of hydrogen-bond donors (Lipinski definition) is 0. The Balaban J connectivity index is 1.33.